The molecule has 0 amide bonds. The molecular weight excluding hydrogens is 355 g/mol. The molecule has 132 valence electrons. The second-order valence-electron chi connectivity index (χ2n) is 5.62. The standard InChI is InChI=1S/C16H15ClF3N5/c17-15-23-13(12(9-21)14(24-15)25-6-1-2-7-25)22-11-5-3-4-10(8-11)16(18,19)20/h3-5,8-9,21H,1-2,6-7H2,(H,22,23,24). The Labute approximate surface area is 147 Å². The molecule has 3 rings (SSSR count). The average Bonchev–Trinajstić information content (AvgIpc) is 3.08. The summed E-state index contributed by atoms with van der Waals surface area (Å²) in [4.78, 5) is 10.2. The van der Waals surface area contributed by atoms with Crippen molar-refractivity contribution in [1.29, 1.82) is 5.41 Å². The van der Waals surface area contributed by atoms with E-state index in [0.29, 0.717) is 11.4 Å². The van der Waals surface area contributed by atoms with Crippen molar-refractivity contribution in [3.05, 3.63) is 40.7 Å². The Bertz CT molecular complexity index is 788. The Balaban J connectivity index is 1.98. The first-order valence-electron chi connectivity index (χ1n) is 7.66. The summed E-state index contributed by atoms with van der Waals surface area (Å²) in [6, 6.07) is 4.78. The van der Waals surface area contributed by atoms with E-state index in [2.05, 4.69) is 15.3 Å². The van der Waals surface area contributed by atoms with Crippen LogP contribution < -0.4 is 10.2 Å². The number of hydrogen-bond donors (Lipinski definition) is 2. The van der Waals surface area contributed by atoms with Gasteiger partial charge in [-0.05, 0) is 42.6 Å². The third kappa shape index (κ3) is 3.84. The van der Waals surface area contributed by atoms with Gasteiger partial charge in [0.25, 0.3) is 0 Å². The van der Waals surface area contributed by atoms with Crippen LogP contribution in [-0.2, 0) is 6.18 Å². The molecule has 0 unspecified atom stereocenters. The third-order valence-corrected chi connectivity index (χ3v) is 4.07. The summed E-state index contributed by atoms with van der Waals surface area (Å²) in [5, 5.41) is 10.5. The molecule has 5 nitrogen and oxygen atoms in total. The van der Waals surface area contributed by atoms with E-state index in [4.69, 9.17) is 17.0 Å². The van der Waals surface area contributed by atoms with Crippen LogP contribution in [0.5, 0.6) is 0 Å². The first-order chi connectivity index (χ1) is 11.9. The minimum atomic E-state index is -4.44. The molecule has 1 aliphatic heterocycles. The number of anilines is 3. The molecule has 0 spiro atoms. The lowest BCUT2D eigenvalue weighted by Crippen LogP contribution is -2.22. The quantitative estimate of drug-likeness (QED) is 0.615. The van der Waals surface area contributed by atoms with Gasteiger partial charge in [-0.2, -0.15) is 23.1 Å². The van der Waals surface area contributed by atoms with Gasteiger partial charge in [0.1, 0.15) is 11.6 Å². The van der Waals surface area contributed by atoms with Gasteiger partial charge in [-0.3, -0.25) is 0 Å². The highest BCUT2D eigenvalue weighted by molar-refractivity contribution is 6.28. The van der Waals surface area contributed by atoms with E-state index >= 15 is 0 Å². The normalized spacial score (nSPS) is 14.6. The zero-order valence-corrected chi connectivity index (χ0v) is 13.8. The molecule has 0 atom stereocenters. The van der Waals surface area contributed by atoms with Crippen molar-refractivity contribution < 1.29 is 13.2 Å². The van der Waals surface area contributed by atoms with Crippen LogP contribution in [-0.4, -0.2) is 29.3 Å². The Morgan fingerprint density at radius 3 is 2.56 bits per heavy atom. The van der Waals surface area contributed by atoms with Crippen LogP contribution in [0.15, 0.2) is 24.3 Å². The molecule has 1 aromatic heterocycles. The smallest absolute Gasteiger partial charge is 0.356 e. The Morgan fingerprint density at radius 2 is 1.92 bits per heavy atom. The van der Waals surface area contributed by atoms with Gasteiger partial charge in [0, 0.05) is 25.0 Å². The number of alkyl halides is 3. The van der Waals surface area contributed by atoms with Crippen LogP contribution in [0, 0.1) is 5.41 Å². The first kappa shape index (κ1) is 17.5. The van der Waals surface area contributed by atoms with Crippen LogP contribution in [0.4, 0.5) is 30.5 Å². The Hall–Kier alpha value is -2.35. The van der Waals surface area contributed by atoms with Crippen LogP contribution in [0.2, 0.25) is 5.28 Å². The zero-order valence-electron chi connectivity index (χ0n) is 13.1. The molecule has 1 aromatic carbocycles. The van der Waals surface area contributed by atoms with Crippen LogP contribution in [0.3, 0.4) is 0 Å². The lowest BCUT2D eigenvalue weighted by molar-refractivity contribution is -0.137. The fourth-order valence-electron chi connectivity index (χ4n) is 2.74. The minimum absolute atomic E-state index is 0.0259. The second-order valence-corrected chi connectivity index (χ2v) is 5.96. The molecular formula is C16H15ClF3N5. The van der Waals surface area contributed by atoms with Crippen molar-refractivity contribution in [2.75, 3.05) is 23.3 Å². The van der Waals surface area contributed by atoms with Gasteiger partial charge in [-0.1, -0.05) is 6.07 Å². The van der Waals surface area contributed by atoms with Gasteiger partial charge in [0.05, 0.1) is 11.1 Å². The molecule has 2 heterocycles. The number of benzene rings is 1. The van der Waals surface area contributed by atoms with E-state index < -0.39 is 11.7 Å². The van der Waals surface area contributed by atoms with E-state index in [-0.39, 0.29) is 16.8 Å². The van der Waals surface area contributed by atoms with Gasteiger partial charge in [-0.25, -0.2) is 0 Å². The average molecular weight is 370 g/mol. The molecule has 1 saturated heterocycles. The van der Waals surface area contributed by atoms with Crippen molar-refractivity contribution in [3.8, 4) is 0 Å². The van der Waals surface area contributed by atoms with E-state index in [1.807, 2.05) is 4.90 Å². The summed E-state index contributed by atoms with van der Waals surface area (Å²) in [5.41, 5.74) is -0.169. The molecule has 0 bridgehead atoms. The molecule has 1 fully saturated rings. The highest BCUT2D eigenvalue weighted by atomic mass is 35.5. The maximum Gasteiger partial charge on any atom is 0.416 e. The van der Waals surface area contributed by atoms with Gasteiger partial charge in [-0.15, -0.1) is 0 Å². The summed E-state index contributed by atoms with van der Waals surface area (Å²) < 4.78 is 38.6. The van der Waals surface area contributed by atoms with Crippen LogP contribution >= 0.6 is 11.6 Å². The number of halogens is 4. The topological polar surface area (TPSA) is 64.9 Å². The maximum absolute atomic E-state index is 12.9. The minimum Gasteiger partial charge on any atom is -0.356 e. The van der Waals surface area contributed by atoms with Crippen molar-refractivity contribution in [3.63, 3.8) is 0 Å². The van der Waals surface area contributed by atoms with Crippen molar-refractivity contribution in [2.24, 2.45) is 0 Å². The van der Waals surface area contributed by atoms with E-state index in [9.17, 15) is 13.2 Å². The zero-order chi connectivity index (χ0) is 18.0. The Morgan fingerprint density at radius 1 is 1.20 bits per heavy atom. The number of hydrogen-bond acceptors (Lipinski definition) is 5. The molecule has 9 heteroatoms. The molecule has 2 N–H and O–H groups in total. The molecule has 0 aliphatic carbocycles. The Kier molecular flexibility index (Phi) is 4.80. The molecule has 2 aromatic rings. The summed E-state index contributed by atoms with van der Waals surface area (Å²) in [6.07, 6.45) is -1.34. The van der Waals surface area contributed by atoms with Gasteiger partial charge < -0.3 is 15.6 Å². The molecule has 0 saturated carbocycles. The maximum atomic E-state index is 12.9. The highest BCUT2D eigenvalue weighted by Crippen LogP contribution is 2.33. The summed E-state index contributed by atoms with van der Waals surface area (Å²) in [7, 11) is 0. The fraction of sp³-hybridized carbons (Fsp3) is 0.312. The van der Waals surface area contributed by atoms with E-state index in [1.165, 1.54) is 12.1 Å². The fourth-order valence-corrected chi connectivity index (χ4v) is 2.90. The second kappa shape index (κ2) is 6.87. The lowest BCUT2D eigenvalue weighted by Gasteiger charge is -2.20. The lowest BCUT2D eigenvalue weighted by atomic mass is 10.2. The van der Waals surface area contributed by atoms with Crippen molar-refractivity contribution in [1.82, 2.24) is 9.97 Å². The SMILES string of the molecule is N=Cc1c(Nc2cccc(C(F)(F)F)c2)nc(Cl)nc1N1CCCC1. The van der Waals surface area contributed by atoms with E-state index in [1.54, 1.807) is 0 Å². The highest BCUT2D eigenvalue weighted by Gasteiger charge is 2.30. The first-order valence-corrected chi connectivity index (χ1v) is 8.03. The predicted octanol–water partition coefficient (Wildman–Crippen LogP) is 4.49. The van der Waals surface area contributed by atoms with Gasteiger partial charge >= 0.3 is 6.18 Å². The van der Waals surface area contributed by atoms with Gasteiger partial charge in [0.15, 0.2) is 0 Å². The van der Waals surface area contributed by atoms with Crippen LogP contribution in [0.25, 0.3) is 0 Å². The van der Waals surface area contributed by atoms with Crippen LogP contribution in [0.1, 0.15) is 24.0 Å². The summed E-state index contributed by atoms with van der Waals surface area (Å²) in [5.74, 6) is 0.721. The molecule has 1 aliphatic rings. The van der Waals surface area contributed by atoms with E-state index in [0.717, 1.165) is 44.3 Å². The molecule has 25 heavy (non-hydrogen) atoms. The number of nitrogens with zero attached hydrogens (tertiary/aromatic N) is 3. The third-order valence-electron chi connectivity index (χ3n) is 3.90. The number of nitrogens with one attached hydrogen (secondary N) is 2. The summed E-state index contributed by atoms with van der Waals surface area (Å²) >= 11 is 5.98. The largest absolute Gasteiger partial charge is 0.416 e. The molecule has 0 radical (unpaired) electrons. The summed E-state index contributed by atoms with van der Waals surface area (Å²) in [6.45, 7) is 1.58. The van der Waals surface area contributed by atoms with Gasteiger partial charge in [0.2, 0.25) is 5.28 Å². The number of aromatic nitrogens is 2. The predicted molar refractivity (Wildman–Crippen MR) is 91.1 cm³/mol. The van der Waals surface area contributed by atoms with Crippen molar-refractivity contribution in [2.45, 2.75) is 19.0 Å². The number of rotatable bonds is 4. The van der Waals surface area contributed by atoms with Crippen molar-refractivity contribution >= 4 is 35.1 Å². The monoisotopic (exact) mass is 369 g/mol.